The predicted octanol–water partition coefficient (Wildman–Crippen LogP) is 2.81. The summed E-state index contributed by atoms with van der Waals surface area (Å²) in [6.45, 7) is 8.03. The second kappa shape index (κ2) is 7.37. The molecule has 1 amide bonds. The summed E-state index contributed by atoms with van der Waals surface area (Å²) in [6, 6.07) is 5.60. The van der Waals surface area contributed by atoms with Gasteiger partial charge in [-0.2, -0.15) is 0 Å². The van der Waals surface area contributed by atoms with Crippen molar-refractivity contribution < 1.29 is 9.90 Å². The van der Waals surface area contributed by atoms with E-state index in [2.05, 4.69) is 37.9 Å². The molecule has 0 spiro atoms. The summed E-state index contributed by atoms with van der Waals surface area (Å²) in [5.41, 5.74) is 2.57. The highest BCUT2D eigenvalue weighted by Gasteiger charge is 2.13. The van der Waals surface area contributed by atoms with Gasteiger partial charge in [0.25, 0.3) is 0 Å². The topological polar surface area (TPSA) is 49.3 Å². The zero-order valence-electron chi connectivity index (χ0n) is 12.4. The number of anilines is 1. The van der Waals surface area contributed by atoms with Crippen LogP contribution in [-0.4, -0.2) is 28.1 Å². The van der Waals surface area contributed by atoms with Crippen LogP contribution in [-0.2, 0) is 4.79 Å². The second-order valence-electron chi connectivity index (χ2n) is 5.44. The third-order valence-electron chi connectivity index (χ3n) is 2.46. The van der Waals surface area contributed by atoms with Gasteiger partial charge in [0.15, 0.2) is 0 Å². The van der Waals surface area contributed by atoms with Crippen molar-refractivity contribution in [2.45, 2.75) is 32.4 Å². The molecule has 1 rings (SSSR count). The SMILES string of the molecule is Cc1ccc(NC(=O)CSC(C)(C)C)cc1C#CCO. The molecule has 1 aromatic carbocycles. The number of hydrogen-bond donors (Lipinski definition) is 2. The van der Waals surface area contributed by atoms with Gasteiger partial charge in [-0.05, 0) is 24.6 Å². The van der Waals surface area contributed by atoms with Gasteiger partial charge < -0.3 is 10.4 Å². The molecule has 4 heteroatoms. The molecule has 0 aliphatic heterocycles. The smallest absolute Gasteiger partial charge is 0.234 e. The van der Waals surface area contributed by atoms with Gasteiger partial charge in [0.05, 0.1) is 5.75 Å². The number of carbonyl (C=O) groups is 1. The minimum absolute atomic E-state index is 0.0187. The summed E-state index contributed by atoms with van der Waals surface area (Å²) in [7, 11) is 0. The minimum Gasteiger partial charge on any atom is -0.384 e. The van der Waals surface area contributed by atoms with Gasteiger partial charge >= 0.3 is 0 Å². The van der Waals surface area contributed by atoms with E-state index in [-0.39, 0.29) is 17.3 Å². The highest BCUT2D eigenvalue weighted by Crippen LogP contribution is 2.23. The average molecular weight is 291 g/mol. The number of aliphatic hydroxyl groups is 1. The number of nitrogens with one attached hydrogen (secondary N) is 1. The van der Waals surface area contributed by atoms with Crippen molar-refractivity contribution in [1.82, 2.24) is 0 Å². The number of thioether (sulfide) groups is 1. The molecule has 1 aromatic rings. The Labute approximate surface area is 125 Å². The maximum absolute atomic E-state index is 11.9. The molecule has 0 fully saturated rings. The summed E-state index contributed by atoms with van der Waals surface area (Å²) in [5.74, 6) is 5.90. The van der Waals surface area contributed by atoms with Gasteiger partial charge in [-0.3, -0.25) is 4.79 Å². The van der Waals surface area contributed by atoms with Crippen LogP contribution in [0.3, 0.4) is 0 Å². The minimum atomic E-state index is -0.168. The fourth-order valence-corrected chi connectivity index (χ4v) is 2.08. The van der Waals surface area contributed by atoms with Gasteiger partial charge in [-0.1, -0.05) is 38.7 Å². The molecule has 3 nitrogen and oxygen atoms in total. The van der Waals surface area contributed by atoms with Crippen LogP contribution in [0.1, 0.15) is 31.9 Å². The number of aryl methyl sites for hydroxylation is 1. The molecule has 0 atom stereocenters. The standard InChI is InChI=1S/C16H21NO2S/c1-12-7-8-14(10-13(12)6-5-9-18)17-15(19)11-20-16(2,3)4/h7-8,10,18H,9,11H2,1-4H3,(H,17,19). The van der Waals surface area contributed by atoms with Crippen molar-refractivity contribution >= 4 is 23.4 Å². The highest BCUT2D eigenvalue weighted by molar-refractivity contribution is 8.01. The van der Waals surface area contributed by atoms with Crippen LogP contribution in [0, 0.1) is 18.8 Å². The quantitative estimate of drug-likeness (QED) is 0.842. The fraction of sp³-hybridized carbons (Fsp3) is 0.438. The first-order valence-electron chi connectivity index (χ1n) is 6.46. The molecule has 108 valence electrons. The average Bonchev–Trinajstić information content (AvgIpc) is 2.36. The Morgan fingerprint density at radius 1 is 1.40 bits per heavy atom. The monoisotopic (exact) mass is 291 g/mol. The third-order valence-corrected chi connectivity index (χ3v) is 3.73. The number of amides is 1. The molecule has 0 heterocycles. The van der Waals surface area contributed by atoms with Gasteiger partial charge in [0, 0.05) is 16.0 Å². The van der Waals surface area contributed by atoms with Gasteiger partial charge in [0.2, 0.25) is 5.91 Å². The molecule has 2 N–H and O–H groups in total. The molecule has 0 aliphatic rings. The van der Waals surface area contributed by atoms with Gasteiger partial charge in [0.1, 0.15) is 6.61 Å². The zero-order chi connectivity index (χ0) is 15.2. The Balaban J connectivity index is 2.71. The summed E-state index contributed by atoms with van der Waals surface area (Å²) < 4.78 is 0.0718. The molecule has 0 aliphatic carbocycles. The molecule has 0 saturated carbocycles. The lowest BCUT2D eigenvalue weighted by Crippen LogP contribution is -2.19. The Hall–Kier alpha value is -1.44. The Bertz CT molecular complexity index is 536. The van der Waals surface area contributed by atoms with Crippen LogP contribution in [0.4, 0.5) is 5.69 Å². The molecule has 0 bridgehead atoms. The van der Waals surface area contributed by atoms with E-state index < -0.39 is 0 Å². The molecule has 0 unspecified atom stereocenters. The van der Waals surface area contributed by atoms with E-state index in [1.807, 2.05) is 25.1 Å². The Morgan fingerprint density at radius 3 is 2.70 bits per heavy atom. The van der Waals surface area contributed by atoms with Crippen molar-refractivity contribution in [3.05, 3.63) is 29.3 Å². The lowest BCUT2D eigenvalue weighted by atomic mass is 10.1. The van der Waals surface area contributed by atoms with Crippen molar-refractivity contribution in [3.8, 4) is 11.8 Å². The summed E-state index contributed by atoms with van der Waals surface area (Å²) in [4.78, 5) is 11.9. The first-order chi connectivity index (χ1) is 9.31. The van der Waals surface area contributed by atoms with Crippen LogP contribution in [0.25, 0.3) is 0 Å². The normalized spacial score (nSPS) is 10.7. The fourth-order valence-electron chi connectivity index (χ4n) is 1.45. The first kappa shape index (κ1) is 16.6. The van der Waals surface area contributed by atoms with Crippen LogP contribution >= 0.6 is 11.8 Å². The number of carbonyl (C=O) groups excluding carboxylic acids is 1. The van der Waals surface area contributed by atoms with Crippen molar-refractivity contribution in [3.63, 3.8) is 0 Å². The zero-order valence-corrected chi connectivity index (χ0v) is 13.2. The van der Waals surface area contributed by atoms with E-state index in [1.165, 1.54) is 0 Å². The lowest BCUT2D eigenvalue weighted by Gasteiger charge is -2.17. The van der Waals surface area contributed by atoms with Gasteiger partial charge in [-0.15, -0.1) is 11.8 Å². The number of rotatable bonds is 3. The van der Waals surface area contributed by atoms with Crippen LogP contribution in [0.2, 0.25) is 0 Å². The van der Waals surface area contributed by atoms with Crippen LogP contribution < -0.4 is 5.32 Å². The van der Waals surface area contributed by atoms with E-state index >= 15 is 0 Å². The van der Waals surface area contributed by atoms with Crippen LogP contribution in [0.15, 0.2) is 18.2 Å². The lowest BCUT2D eigenvalue weighted by molar-refractivity contribution is -0.113. The highest BCUT2D eigenvalue weighted by atomic mass is 32.2. The van der Waals surface area contributed by atoms with Crippen molar-refractivity contribution in [2.75, 3.05) is 17.7 Å². The summed E-state index contributed by atoms with van der Waals surface area (Å²) >= 11 is 1.61. The Morgan fingerprint density at radius 2 is 2.10 bits per heavy atom. The molecule has 0 aromatic heterocycles. The van der Waals surface area contributed by atoms with E-state index in [0.29, 0.717) is 5.75 Å². The van der Waals surface area contributed by atoms with Crippen molar-refractivity contribution in [2.24, 2.45) is 0 Å². The Kier molecular flexibility index (Phi) is 6.12. The number of benzene rings is 1. The second-order valence-corrected chi connectivity index (χ2v) is 7.24. The predicted molar refractivity (Wildman–Crippen MR) is 86.0 cm³/mol. The van der Waals surface area contributed by atoms with E-state index in [0.717, 1.165) is 16.8 Å². The summed E-state index contributed by atoms with van der Waals surface area (Å²) in [5, 5.41) is 11.6. The molecule has 0 radical (unpaired) electrons. The van der Waals surface area contributed by atoms with Crippen LogP contribution in [0.5, 0.6) is 0 Å². The van der Waals surface area contributed by atoms with Gasteiger partial charge in [-0.25, -0.2) is 0 Å². The number of aliphatic hydroxyl groups excluding tert-OH is 1. The number of hydrogen-bond acceptors (Lipinski definition) is 3. The molecule has 0 saturated heterocycles. The molecular formula is C16H21NO2S. The first-order valence-corrected chi connectivity index (χ1v) is 7.44. The van der Waals surface area contributed by atoms with Crippen molar-refractivity contribution in [1.29, 1.82) is 0 Å². The van der Waals surface area contributed by atoms with E-state index in [9.17, 15) is 4.79 Å². The van der Waals surface area contributed by atoms with E-state index in [4.69, 9.17) is 5.11 Å². The third kappa shape index (κ3) is 6.14. The van der Waals surface area contributed by atoms with E-state index in [1.54, 1.807) is 11.8 Å². The maximum atomic E-state index is 11.9. The maximum Gasteiger partial charge on any atom is 0.234 e. The molecule has 20 heavy (non-hydrogen) atoms. The largest absolute Gasteiger partial charge is 0.384 e. The molecular weight excluding hydrogens is 270 g/mol. The summed E-state index contributed by atoms with van der Waals surface area (Å²) in [6.07, 6.45) is 0.